The number of cyclic esters (lactones) is 1. The maximum atomic E-state index is 13.6. The summed E-state index contributed by atoms with van der Waals surface area (Å²) < 4.78 is 6.36. The standard InChI is InChI=1S/C26H31NO3S/c1-19(2)22-26(20-13-7-4-8-14-20,21-15-9-5-10-16-21)30-24(28)27(22)23(31-3)25(29)17-11-6-12-18-25/h4-5,7-11,13-17,19,22-23,29H,6,12,18H2,1-3H3/t22-,23-,25+/m0/s1. The molecule has 1 aliphatic heterocycles. The van der Waals surface area contributed by atoms with Gasteiger partial charge in [-0.15, -0.1) is 11.8 Å². The summed E-state index contributed by atoms with van der Waals surface area (Å²) in [5.41, 5.74) is -0.132. The molecule has 0 bridgehead atoms. The quantitative estimate of drug-likeness (QED) is 0.601. The van der Waals surface area contributed by atoms with Gasteiger partial charge in [0.1, 0.15) is 11.0 Å². The van der Waals surface area contributed by atoms with Crippen LogP contribution in [0.4, 0.5) is 4.79 Å². The van der Waals surface area contributed by atoms with Gasteiger partial charge in [-0.05, 0) is 31.4 Å². The summed E-state index contributed by atoms with van der Waals surface area (Å²) in [6.45, 7) is 4.25. The summed E-state index contributed by atoms with van der Waals surface area (Å²) in [7, 11) is 0. The van der Waals surface area contributed by atoms with Gasteiger partial charge in [-0.25, -0.2) is 4.79 Å². The molecule has 1 amide bonds. The van der Waals surface area contributed by atoms with E-state index < -0.39 is 16.6 Å². The number of allylic oxidation sites excluding steroid dienone is 1. The number of hydrogen-bond donors (Lipinski definition) is 1. The second-order valence-electron chi connectivity index (χ2n) is 8.81. The van der Waals surface area contributed by atoms with E-state index in [0.717, 1.165) is 24.0 Å². The molecule has 0 spiro atoms. The van der Waals surface area contributed by atoms with E-state index in [1.165, 1.54) is 11.8 Å². The molecule has 0 radical (unpaired) electrons. The predicted molar refractivity (Wildman–Crippen MR) is 126 cm³/mol. The van der Waals surface area contributed by atoms with E-state index in [-0.39, 0.29) is 18.1 Å². The first-order chi connectivity index (χ1) is 14.9. The summed E-state index contributed by atoms with van der Waals surface area (Å²) in [6, 6.07) is 19.7. The average Bonchev–Trinajstić information content (AvgIpc) is 3.10. The summed E-state index contributed by atoms with van der Waals surface area (Å²) in [4.78, 5) is 15.4. The fraction of sp³-hybridized carbons (Fsp3) is 0.423. The Morgan fingerprint density at radius 1 is 1.06 bits per heavy atom. The minimum absolute atomic E-state index is 0.0951. The molecule has 2 aliphatic rings. The summed E-state index contributed by atoms with van der Waals surface area (Å²) in [6.07, 6.45) is 7.99. The van der Waals surface area contributed by atoms with Crippen molar-refractivity contribution >= 4 is 17.9 Å². The van der Waals surface area contributed by atoms with Crippen LogP contribution in [0.5, 0.6) is 0 Å². The van der Waals surface area contributed by atoms with Gasteiger partial charge < -0.3 is 9.84 Å². The van der Waals surface area contributed by atoms with E-state index in [9.17, 15) is 9.90 Å². The van der Waals surface area contributed by atoms with Gasteiger partial charge in [0.2, 0.25) is 0 Å². The van der Waals surface area contributed by atoms with E-state index in [1.807, 2.05) is 84.0 Å². The van der Waals surface area contributed by atoms with Gasteiger partial charge in [-0.3, -0.25) is 4.90 Å². The normalized spacial score (nSPS) is 26.2. The fourth-order valence-corrected chi connectivity index (χ4v) is 6.28. The van der Waals surface area contributed by atoms with Crippen molar-refractivity contribution in [3.05, 3.63) is 83.9 Å². The van der Waals surface area contributed by atoms with E-state index in [4.69, 9.17) is 4.74 Å². The van der Waals surface area contributed by atoms with Crippen LogP contribution in [0.25, 0.3) is 0 Å². The Morgan fingerprint density at radius 3 is 2.10 bits per heavy atom. The molecule has 1 N–H and O–H groups in total. The van der Waals surface area contributed by atoms with Crippen LogP contribution < -0.4 is 0 Å². The highest BCUT2D eigenvalue weighted by atomic mass is 32.2. The lowest BCUT2D eigenvalue weighted by Gasteiger charge is -2.44. The molecule has 31 heavy (non-hydrogen) atoms. The third-order valence-electron chi connectivity index (χ3n) is 6.47. The molecule has 0 saturated carbocycles. The Morgan fingerprint density at radius 2 is 1.65 bits per heavy atom. The second kappa shape index (κ2) is 8.71. The Hall–Kier alpha value is -2.24. The third kappa shape index (κ3) is 3.68. The van der Waals surface area contributed by atoms with Crippen molar-refractivity contribution in [2.75, 3.05) is 6.26 Å². The maximum Gasteiger partial charge on any atom is 0.412 e. The molecule has 4 nitrogen and oxygen atoms in total. The van der Waals surface area contributed by atoms with Crippen LogP contribution in [0.1, 0.15) is 44.2 Å². The lowest BCUT2D eigenvalue weighted by atomic mass is 9.75. The van der Waals surface area contributed by atoms with E-state index in [2.05, 4.69) is 13.8 Å². The van der Waals surface area contributed by atoms with Crippen LogP contribution in [0.2, 0.25) is 0 Å². The molecule has 2 aromatic rings. The van der Waals surface area contributed by atoms with E-state index >= 15 is 0 Å². The van der Waals surface area contributed by atoms with Crippen LogP contribution in [-0.4, -0.2) is 39.4 Å². The smallest absolute Gasteiger partial charge is 0.412 e. The molecule has 0 aromatic heterocycles. The van der Waals surface area contributed by atoms with Crippen LogP contribution in [-0.2, 0) is 10.3 Å². The summed E-state index contributed by atoms with van der Waals surface area (Å²) >= 11 is 1.51. The summed E-state index contributed by atoms with van der Waals surface area (Å²) in [5, 5.41) is 11.1. The van der Waals surface area contributed by atoms with Crippen LogP contribution in [0.3, 0.4) is 0 Å². The Labute approximate surface area is 189 Å². The van der Waals surface area contributed by atoms with Gasteiger partial charge in [0.25, 0.3) is 0 Å². The fourth-order valence-electron chi connectivity index (χ4n) is 5.23. The first-order valence-electron chi connectivity index (χ1n) is 11.0. The number of aliphatic hydroxyl groups is 1. The maximum absolute atomic E-state index is 13.6. The van der Waals surface area contributed by atoms with Crippen LogP contribution in [0, 0.1) is 5.92 Å². The molecule has 1 saturated heterocycles. The highest BCUT2D eigenvalue weighted by molar-refractivity contribution is 7.99. The molecule has 3 atom stereocenters. The molecule has 5 heteroatoms. The highest BCUT2D eigenvalue weighted by Crippen LogP contribution is 2.50. The minimum atomic E-state index is -1.08. The lowest BCUT2D eigenvalue weighted by molar-refractivity contribution is 0.0106. The van der Waals surface area contributed by atoms with Gasteiger partial charge in [0.15, 0.2) is 5.60 Å². The molecular formula is C26H31NO3S. The number of hydrogen-bond acceptors (Lipinski definition) is 4. The van der Waals surface area contributed by atoms with Gasteiger partial charge in [-0.2, -0.15) is 0 Å². The minimum Gasteiger partial charge on any atom is -0.431 e. The van der Waals surface area contributed by atoms with Crippen molar-refractivity contribution in [1.29, 1.82) is 0 Å². The molecular weight excluding hydrogens is 406 g/mol. The van der Waals surface area contributed by atoms with E-state index in [1.54, 1.807) is 0 Å². The van der Waals surface area contributed by atoms with Crippen molar-refractivity contribution in [2.24, 2.45) is 5.92 Å². The van der Waals surface area contributed by atoms with Gasteiger partial charge in [0.05, 0.1) is 6.04 Å². The van der Waals surface area contributed by atoms with Crippen LogP contribution in [0.15, 0.2) is 72.8 Å². The Kier molecular flexibility index (Phi) is 6.18. The zero-order valence-corrected chi connectivity index (χ0v) is 19.2. The highest BCUT2D eigenvalue weighted by Gasteiger charge is 2.61. The number of thioether (sulfide) groups is 1. The Balaban J connectivity index is 1.91. The Bertz CT molecular complexity index is 891. The number of nitrogens with zero attached hydrogens (tertiary/aromatic N) is 1. The second-order valence-corrected chi connectivity index (χ2v) is 9.72. The molecule has 1 heterocycles. The number of carbonyl (C=O) groups excluding carboxylic acids is 1. The first kappa shape index (κ1) is 22.0. The number of benzene rings is 2. The number of rotatable bonds is 6. The average molecular weight is 438 g/mol. The molecule has 4 rings (SSSR count). The van der Waals surface area contributed by atoms with Crippen molar-refractivity contribution in [1.82, 2.24) is 4.90 Å². The molecule has 164 valence electrons. The van der Waals surface area contributed by atoms with Crippen molar-refractivity contribution in [3.63, 3.8) is 0 Å². The van der Waals surface area contributed by atoms with Gasteiger partial charge in [-0.1, -0.05) is 86.7 Å². The zero-order valence-electron chi connectivity index (χ0n) is 18.4. The van der Waals surface area contributed by atoms with Crippen LogP contribution >= 0.6 is 11.8 Å². The predicted octanol–water partition coefficient (Wildman–Crippen LogP) is 5.57. The number of carbonyl (C=O) groups is 1. The summed E-state index contributed by atoms with van der Waals surface area (Å²) in [5.74, 6) is 0.0951. The van der Waals surface area contributed by atoms with Gasteiger partial charge in [0, 0.05) is 11.1 Å². The molecule has 1 fully saturated rings. The monoisotopic (exact) mass is 437 g/mol. The van der Waals surface area contributed by atoms with E-state index in [0.29, 0.717) is 6.42 Å². The molecule has 2 aromatic carbocycles. The lowest BCUT2D eigenvalue weighted by Crippen LogP contribution is -2.57. The van der Waals surface area contributed by atoms with Gasteiger partial charge >= 0.3 is 6.09 Å². The third-order valence-corrected chi connectivity index (χ3v) is 7.55. The molecule has 0 unspecified atom stereocenters. The van der Waals surface area contributed by atoms with Crippen molar-refractivity contribution in [2.45, 2.75) is 55.7 Å². The first-order valence-corrected chi connectivity index (χ1v) is 12.3. The number of ether oxygens (including phenoxy) is 1. The van der Waals surface area contributed by atoms with Crippen molar-refractivity contribution in [3.8, 4) is 0 Å². The topological polar surface area (TPSA) is 49.8 Å². The van der Waals surface area contributed by atoms with Crippen molar-refractivity contribution < 1.29 is 14.6 Å². The zero-order chi connectivity index (χ0) is 22.1. The number of amides is 1. The largest absolute Gasteiger partial charge is 0.431 e. The SMILES string of the molecule is CS[C@H](N1C(=O)OC(c2ccccc2)(c2ccccc2)[C@@H]1C(C)C)[C@@]1(O)C=CCCC1. The molecule has 1 aliphatic carbocycles.